The van der Waals surface area contributed by atoms with Crippen molar-refractivity contribution in [3.63, 3.8) is 0 Å². The second-order valence-electron chi connectivity index (χ2n) is 9.19. The summed E-state index contributed by atoms with van der Waals surface area (Å²) in [6, 6.07) is 19.0. The summed E-state index contributed by atoms with van der Waals surface area (Å²) < 4.78 is 10.9. The molecule has 188 valence electrons. The van der Waals surface area contributed by atoms with Crippen molar-refractivity contribution in [1.29, 1.82) is 0 Å². The van der Waals surface area contributed by atoms with Gasteiger partial charge in [-0.15, -0.1) is 0 Å². The third-order valence-electron chi connectivity index (χ3n) is 6.07. The Bertz CT molecular complexity index is 1330. The number of carbonyl (C=O) groups is 1. The first-order valence-corrected chi connectivity index (χ1v) is 12.5. The zero-order valence-electron chi connectivity index (χ0n) is 20.8. The molecule has 0 saturated heterocycles. The number of ketones is 1. The largest absolute Gasteiger partial charge is 0.497 e. The number of hydrogen-bond acceptors (Lipinski definition) is 5. The van der Waals surface area contributed by atoms with Crippen molar-refractivity contribution in [1.82, 2.24) is 9.97 Å². The Hall–Kier alpha value is -3.35. The van der Waals surface area contributed by atoms with Crippen LogP contribution >= 0.6 is 11.6 Å². The fourth-order valence-corrected chi connectivity index (χ4v) is 4.47. The van der Waals surface area contributed by atoms with Crippen molar-refractivity contribution in [2.75, 3.05) is 13.7 Å². The maximum absolute atomic E-state index is 13.0. The minimum absolute atomic E-state index is 0.000248. The van der Waals surface area contributed by atoms with E-state index >= 15 is 0 Å². The predicted octanol–water partition coefficient (Wildman–Crippen LogP) is 6.49. The van der Waals surface area contributed by atoms with E-state index < -0.39 is 0 Å². The van der Waals surface area contributed by atoms with Crippen LogP contribution in [-0.2, 0) is 6.42 Å². The Labute approximate surface area is 216 Å². The monoisotopic (exact) mass is 506 g/mol. The van der Waals surface area contributed by atoms with Gasteiger partial charge < -0.3 is 19.6 Å². The lowest BCUT2D eigenvalue weighted by Crippen LogP contribution is -2.13. The van der Waals surface area contributed by atoms with Crippen molar-refractivity contribution in [3.8, 4) is 22.9 Å². The smallest absolute Gasteiger partial charge is 0.163 e. The Morgan fingerprint density at radius 2 is 1.86 bits per heavy atom. The lowest BCUT2D eigenvalue weighted by Gasteiger charge is -2.16. The molecule has 3 aromatic carbocycles. The number of halogens is 1. The fraction of sp³-hybridized carbons (Fsp3) is 0.310. The molecule has 1 atom stereocenters. The highest BCUT2D eigenvalue weighted by Gasteiger charge is 2.18. The molecule has 0 aliphatic rings. The molecule has 0 aliphatic carbocycles. The van der Waals surface area contributed by atoms with Gasteiger partial charge in [0.25, 0.3) is 0 Å². The molecule has 1 aromatic heterocycles. The molecule has 0 spiro atoms. The Balaban J connectivity index is 1.44. The van der Waals surface area contributed by atoms with Gasteiger partial charge in [-0.05, 0) is 68.5 Å². The van der Waals surface area contributed by atoms with E-state index in [0.717, 1.165) is 33.7 Å². The second-order valence-corrected chi connectivity index (χ2v) is 9.59. The number of rotatable bonds is 11. The number of aromatic nitrogens is 2. The van der Waals surface area contributed by atoms with Crippen molar-refractivity contribution >= 4 is 28.4 Å². The number of nitrogens with zero attached hydrogens (tertiary/aromatic N) is 1. The summed E-state index contributed by atoms with van der Waals surface area (Å²) in [5.41, 5.74) is 4.42. The van der Waals surface area contributed by atoms with Crippen LogP contribution in [0.5, 0.6) is 11.5 Å². The van der Waals surface area contributed by atoms with Gasteiger partial charge in [0, 0.05) is 30.2 Å². The fourth-order valence-electron chi connectivity index (χ4n) is 4.25. The molecule has 0 bridgehead atoms. The normalized spacial score (nSPS) is 12.2. The number of aliphatic hydroxyl groups excluding tert-OH is 1. The van der Waals surface area contributed by atoms with E-state index in [1.165, 1.54) is 0 Å². The third kappa shape index (κ3) is 6.25. The van der Waals surface area contributed by atoms with Crippen LogP contribution in [0.3, 0.4) is 0 Å². The van der Waals surface area contributed by atoms with E-state index in [-0.39, 0.29) is 24.4 Å². The Morgan fingerprint density at radius 3 is 2.53 bits per heavy atom. The van der Waals surface area contributed by atoms with Gasteiger partial charge >= 0.3 is 0 Å². The second kappa shape index (κ2) is 11.6. The topological polar surface area (TPSA) is 84.4 Å². The van der Waals surface area contributed by atoms with Crippen molar-refractivity contribution in [2.24, 2.45) is 5.92 Å². The molecule has 4 aromatic rings. The quantitative estimate of drug-likeness (QED) is 0.227. The number of fused-ring (bicyclic) bond motifs is 1. The third-order valence-corrected chi connectivity index (χ3v) is 6.36. The number of imidazole rings is 1. The summed E-state index contributed by atoms with van der Waals surface area (Å²) in [5.74, 6) is 2.14. The molecule has 7 heteroatoms. The molecule has 0 unspecified atom stereocenters. The lowest BCUT2D eigenvalue weighted by molar-refractivity contribution is 0.0953. The zero-order chi connectivity index (χ0) is 25.7. The van der Waals surface area contributed by atoms with E-state index in [9.17, 15) is 9.90 Å². The summed E-state index contributed by atoms with van der Waals surface area (Å²) in [7, 11) is 1.64. The minimum Gasteiger partial charge on any atom is -0.497 e. The number of H-pyrrole nitrogens is 1. The van der Waals surface area contributed by atoms with Gasteiger partial charge in [0.15, 0.2) is 5.78 Å². The van der Waals surface area contributed by atoms with Crippen molar-refractivity contribution < 1.29 is 19.4 Å². The number of nitrogens with one attached hydrogen (secondary N) is 1. The predicted molar refractivity (Wildman–Crippen MR) is 143 cm³/mol. The highest BCUT2D eigenvalue weighted by molar-refractivity contribution is 6.32. The number of benzene rings is 3. The van der Waals surface area contributed by atoms with Crippen molar-refractivity contribution in [2.45, 2.75) is 39.2 Å². The number of aliphatic hydroxyl groups is 1. The summed E-state index contributed by atoms with van der Waals surface area (Å²) >= 11 is 6.32. The average Bonchev–Trinajstić information content (AvgIpc) is 3.29. The molecule has 1 heterocycles. The number of ether oxygens (including phenoxy) is 2. The maximum atomic E-state index is 13.0. The van der Waals surface area contributed by atoms with Crippen LogP contribution in [0.2, 0.25) is 5.02 Å². The summed E-state index contributed by atoms with van der Waals surface area (Å²) in [5, 5.41) is 10.0. The standard InChI is InChI=1S/C29H31ClN2O4/c1-18(2)36-28-11-8-22(16-24(28)30)27(34)15-20(12-13-33)14-19-4-6-21(7-5-19)29-31-25-10-9-23(35-3)17-26(25)32-29/h4-11,16-18,20,33H,12-15H2,1-3H3,(H,31,32)/t20-/m1/s1. The molecular weight excluding hydrogens is 476 g/mol. The van der Waals surface area contributed by atoms with Crippen LogP contribution in [0.4, 0.5) is 0 Å². The van der Waals surface area contributed by atoms with Gasteiger partial charge in [-0.1, -0.05) is 35.9 Å². The Morgan fingerprint density at radius 1 is 1.08 bits per heavy atom. The summed E-state index contributed by atoms with van der Waals surface area (Å²) in [6.07, 6.45) is 1.56. The van der Waals surface area contributed by atoms with E-state index in [2.05, 4.69) is 9.97 Å². The molecule has 6 nitrogen and oxygen atoms in total. The molecule has 0 amide bonds. The lowest BCUT2D eigenvalue weighted by atomic mass is 9.89. The number of hydrogen-bond donors (Lipinski definition) is 2. The minimum atomic E-state index is -0.000248. The van der Waals surface area contributed by atoms with E-state index in [1.807, 2.05) is 56.3 Å². The van der Waals surface area contributed by atoms with Gasteiger partial charge in [0.05, 0.1) is 29.3 Å². The van der Waals surface area contributed by atoms with Gasteiger partial charge in [0.1, 0.15) is 17.3 Å². The van der Waals surface area contributed by atoms with Crippen LogP contribution in [0.15, 0.2) is 60.7 Å². The Kier molecular flexibility index (Phi) is 8.28. The number of aromatic amines is 1. The molecule has 0 radical (unpaired) electrons. The van der Waals surface area contributed by atoms with E-state index in [0.29, 0.717) is 35.6 Å². The molecule has 2 N–H and O–H groups in total. The van der Waals surface area contributed by atoms with Crippen LogP contribution in [-0.4, -0.2) is 40.7 Å². The van der Waals surface area contributed by atoms with Crippen LogP contribution in [0, 0.1) is 5.92 Å². The molecule has 36 heavy (non-hydrogen) atoms. The maximum Gasteiger partial charge on any atom is 0.163 e. The summed E-state index contributed by atoms with van der Waals surface area (Å²) in [6.45, 7) is 3.88. The highest BCUT2D eigenvalue weighted by Crippen LogP contribution is 2.29. The molecule has 4 rings (SSSR count). The molecular formula is C29H31ClN2O4. The van der Waals surface area contributed by atoms with Gasteiger partial charge in [-0.25, -0.2) is 4.98 Å². The molecule has 0 saturated carbocycles. The van der Waals surface area contributed by atoms with Gasteiger partial charge in [0.2, 0.25) is 0 Å². The molecule has 0 aliphatic heterocycles. The number of Topliss-reactive ketones (excluding diaryl/α,β-unsaturated/α-hetero) is 1. The number of carbonyl (C=O) groups excluding carboxylic acids is 1. The molecule has 0 fully saturated rings. The van der Waals surface area contributed by atoms with E-state index in [1.54, 1.807) is 25.3 Å². The number of methoxy groups -OCH3 is 1. The van der Waals surface area contributed by atoms with Gasteiger partial charge in [-0.2, -0.15) is 0 Å². The van der Waals surface area contributed by atoms with Crippen LogP contribution in [0.1, 0.15) is 42.6 Å². The first-order valence-electron chi connectivity index (χ1n) is 12.1. The summed E-state index contributed by atoms with van der Waals surface area (Å²) in [4.78, 5) is 21.0. The van der Waals surface area contributed by atoms with Crippen LogP contribution in [0.25, 0.3) is 22.4 Å². The first kappa shape index (κ1) is 25.7. The zero-order valence-corrected chi connectivity index (χ0v) is 21.5. The van der Waals surface area contributed by atoms with E-state index in [4.69, 9.17) is 21.1 Å². The first-order chi connectivity index (χ1) is 17.4. The highest BCUT2D eigenvalue weighted by atomic mass is 35.5. The SMILES string of the molecule is COc1ccc2nc(-c3ccc(C[C@@H](CCO)CC(=O)c4ccc(OC(C)C)c(Cl)c4)cc3)[nH]c2c1. The van der Waals surface area contributed by atoms with Crippen molar-refractivity contribution in [3.05, 3.63) is 76.8 Å². The average molecular weight is 507 g/mol. The van der Waals surface area contributed by atoms with Gasteiger partial charge in [-0.3, -0.25) is 4.79 Å². The van der Waals surface area contributed by atoms with Crippen LogP contribution < -0.4 is 9.47 Å².